The zero-order valence-electron chi connectivity index (χ0n) is 25.8. The summed E-state index contributed by atoms with van der Waals surface area (Å²) in [6.07, 6.45) is 0.270. The van der Waals surface area contributed by atoms with Gasteiger partial charge < -0.3 is 10.2 Å². The SMILES string of the molecule is CC(C)NC(=O)[C@@H](Cc1ccccc1)N(Cc1ccccc1)C(=O)CN(c1ccc(C(C)C)cc1)S(=O)(=O)c1ccccc1. The zero-order chi connectivity index (χ0) is 31.7. The highest BCUT2D eigenvalue weighted by Crippen LogP contribution is 2.27. The Morgan fingerprint density at radius 1 is 0.705 bits per heavy atom. The molecule has 0 saturated heterocycles. The van der Waals surface area contributed by atoms with Crippen LogP contribution in [0.1, 0.15) is 50.3 Å². The number of sulfonamides is 1. The second-order valence-corrected chi connectivity index (χ2v) is 13.3. The molecular weight excluding hydrogens is 570 g/mol. The summed E-state index contributed by atoms with van der Waals surface area (Å²) >= 11 is 0. The average Bonchev–Trinajstić information content (AvgIpc) is 3.02. The molecule has 0 radical (unpaired) electrons. The second kappa shape index (κ2) is 14.8. The Morgan fingerprint density at radius 3 is 1.75 bits per heavy atom. The monoisotopic (exact) mass is 611 g/mol. The molecule has 0 spiro atoms. The van der Waals surface area contributed by atoms with E-state index in [1.807, 2.05) is 86.6 Å². The van der Waals surface area contributed by atoms with Crippen LogP contribution in [0.4, 0.5) is 5.69 Å². The van der Waals surface area contributed by atoms with Crippen molar-refractivity contribution in [3.05, 3.63) is 132 Å². The summed E-state index contributed by atoms with van der Waals surface area (Å²) in [7, 11) is -4.13. The largest absolute Gasteiger partial charge is 0.352 e. The molecule has 0 aromatic heterocycles. The summed E-state index contributed by atoms with van der Waals surface area (Å²) in [5.74, 6) is -0.530. The predicted octanol–water partition coefficient (Wildman–Crippen LogP) is 6.17. The molecule has 0 bridgehead atoms. The van der Waals surface area contributed by atoms with Gasteiger partial charge in [0.15, 0.2) is 0 Å². The van der Waals surface area contributed by atoms with Crippen molar-refractivity contribution >= 4 is 27.5 Å². The van der Waals surface area contributed by atoms with Crippen LogP contribution >= 0.6 is 0 Å². The Hall–Kier alpha value is -4.43. The number of carbonyl (C=O) groups excluding carboxylic acids is 2. The minimum Gasteiger partial charge on any atom is -0.352 e. The molecule has 2 amide bonds. The van der Waals surface area contributed by atoms with Crippen molar-refractivity contribution in [2.75, 3.05) is 10.8 Å². The summed E-state index contributed by atoms with van der Waals surface area (Å²) in [6, 6.07) is 33.3. The van der Waals surface area contributed by atoms with E-state index in [9.17, 15) is 18.0 Å². The van der Waals surface area contributed by atoms with E-state index in [0.29, 0.717) is 5.69 Å². The van der Waals surface area contributed by atoms with E-state index < -0.39 is 28.5 Å². The second-order valence-electron chi connectivity index (χ2n) is 11.4. The third kappa shape index (κ3) is 8.35. The van der Waals surface area contributed by atoms with Crippen LogP contribution in [0.3, 0.4) is 0 Å². The maximum Gasteiger partial charge on any atom is 0.264 e. The van der Waals surface area contributed by atoms with Gasteiger partial charge in [-0.2, -0.15) is 0 Å². The molecule has 1 N–H and O–H groups in total. The number of rotatable bonds is 13. The van der Waals surface area contributed by atoms with Crippen LogP contribution < -0.4 is 9.62 Å². The maximum absolute atomic E-state index is 14.4. The summed E-state index contributed by atoms with van der Waals surface area (Å²) in [4.78, 5) is 29.8. The van der Waals surface area contributed by atoms with Gasteiger partial charge in [-0.05, 0) is 60.7 Å². The molecule has 4 aromatic rings. The van der Waals surface area contributed by atoms with E-state index in [1.165, 1.54) is 17.0 Å². The van der Waals surface area contributed by atoms with Crippen molar-refractivity contribution < 1.29 is 18.0 Å². The molecule has 0 aliphatic carbocycles. The molecule has 0 aliphatic rings. The first-order valence-corrected chi connectivity index (χ1v) is 16.4. The molecule has 8 heteroatoms. The van der Waals surface area contributed by atoms with E-state index >= 15 is 0 Å². The molecule has 4 rings (SSSR count). The normalized spacial score (nSPS) is 12.1. The summed E-state index contributed by atoms with van der Waals surface area (Å²) in [6.45, 7) is 7.52. The topological polar surface area (TPSA) is 86.8 Å². The van der Waals surface area contributed by atoms with Gasteiger partial charge in [-0.3, -0.25) is 13.9 Å². The third-order valence-corrected chi connectivity index (χ3v) is 9.14. The molecule has 0 heterocycles. The fourth-order valence-electron chi connectivity index (χ4n) is 4.99. The quantitative estimate of drug-likeness (QED) is 0.196. The molecule has 4 aromatic carbocycles. The number of carbonyl (C=O) groups is 2. The van der Waals surface area contributed by atoms with Crippen LogP contribution in [0.2, 0.25) is 0 Å². The van der Waals surface area contributed by atoms with Gasteiger partial charge >= 0.3 is 0 Å². The molecular formula is C36H41N3O4S. The van der Waals surface area contributed by atoms with Gasteiger partial charge in [0.2, 0.25) is 11.8 Å². The molecule has 0 saturated carbocycles. The Balaban J connectivity index is 1.79. The minimum absolute atomic E-state index is 0.0775. The van der Waals surface area contributed by atoms with Crippen molar-refractivity contribution in [3.63, 3.8) is 0 Å². The molecule has 0 unspecified atom stereocenters. The highest BCUT2D eigenvalue weighted by molar-refractivity contribution is 7.92. The Bertz CT molecular complexity index is 1610. The highest BCUT2D eigenvalue weighted by atomic mass is 32.2. The van der Waals surface area contributed by atoms with E-state index in [-0.39, 0.29) is 35.7 Å². The summed E-state index contributed by atoms with van der Waals surface area (Å²) in [5.41, 5.74) is 3.14. The van der Waals surface area contributed by atoms with Crippen molar-refractivity contribution in [2.24, 2.45) is 0 Å². The van der Waals surface area contributed by atoms with E-state index in [0.717, 1.165) is 21.0 Å². The first-order chi connectivity index (χ1) is 21.1. The molecule has 0 fully saturated rings. The predicted molar refractivity (Wildman–Crippen MR) is 176 cm³/mol. The first-order valence-electron chi connectivity index (χ1n) is 14.9. The van der Waals surface area contributed by atoms with Gasteiger partial charge in [-0.1, -0.05) is 105 Å². The van der Waals surface area contributed by atoms with Gasteiger partial charge in [-0.15, -0.1) is 0 Å². The van der Waals surface area contributed by atoms with Gasteiger partial charge in [0.25, 0.3) is 10.0 Å². The van der Waals surface area contributed by atoms with Gasteiger partial charge in [-0.25, -0.2) is 8.42 Å². The summed E-state index contributed by atoms with van der Waals surface area (Å²) in [5, 5.41) is 2.98. The lowest BCUT2D eigenvalue weighted by Crippen LogP contribution is -2.54. The molecule has 0 aliphatic heterocycles. The van der Waals surface area contributed by atoms with Gasteiger partial charge in [0.05, 0.1) is 10.6 Å². The molecule has 1 atom stereocenters. The summed E-state index contributed by atoms with van der Waals surface area (Å²) < 4.78 is 29.3. The lowest BCUT2D eigenvalue weighted by molar-refractivity contribution is -0.140. The molecule has 230 valence electrons. The average molecular weight is 612 g/mol. The number of hydrogen-bond donors (Lipinski definition) is 1. The number of hydrogen-bond acceptors (Lipinski definition) is 4. The van der Waals surface area contributed by atoms with Gasteiger partial charge in [0, 0.05) is 19.0 Å². The van der Waals surface area contributed by atoms with E-state index in [2.05, 4.69) is 19.2 Å². The van der Waals surface area contributed by atoms with Crippen molar-refractivity contribution in [2.45, 2.75) is 63.6 Å². The van der Waals surface area contributed by atoms with Crippen molar-refractivity contribution in [3.8, 4) is 0 Å². The zero-order valence-corrected chi connectivity index (χ0v) is 26.6. The third-order valence-electron chi connectivity index (χ3n) is 7.36. The van der Waals surface area contributed by atoms with Crippen LogP contribution in [0, 0.1) is 0 Å². The number of nitrogens with one attached hydrogen (secondary N) is 1. The van der Waals surface area contributed by atoms with Crippen LogP contribution in [0.15, 0.2) is 120 Å². The minimum atomic E-state index is -4.13. The lowest BCUT2D eigenvalue weighted by Gasteiger charge is -2.34. The first kappa shape index (κ1) is 32.5. The van der Waals surface area contributed by atoms with Crippen LogP contribution in [-0.2, 0) is 32.6 Å². The van der Waals surface area contributed by atoms with Crippen LogP contribution in [0.5, 0.6) is 0 Å². The fraction of sp³-hybridized carbons (Fsp3) is 0.278. The molecule has 7 nitrogen and oxygen atoms in total. The maximum atomic E-state index is 14.4. The van der Waals surface area contributed by atoms with E-state index in [4.69, 9.17) is 0 Å². The number of anilines is 1. The smallest absolute Gasteiger partial charge is 0.264 e. The number of amides is 2. The van der Waals surface area contributed by atoms with Crippen LogP contribution in [0.25, 0.3) is 0 Å². The number of nitrogens with zero attached hydrogens (tertiary/aromatic N) is 2. The van der Waals surface area contributed by atoms with Crippen molar-refractivity contribution in [1.82, 2.24) is 10.2 Å². The number of benzene rings is 4. The van der Waals surface area contributed by atoms with Crippen molar-refractivity contribution in [1.29, 1.82) is 0 Å². The van der Waals surface area contributed by atoms with Gasteiger partial charge in [0.1, 0.15) is 12.6 Å². The Kier molecular flexibility index (Phi) is 11.0. The molecule has 44 heavy (non-hydrogen) atoms. The Labute approximate surface area is 261 Å². The Morgan fingerprint density at radius 2 is 1.23 bits per heavy atom. The highest BCUT2D eigenvalue weighted by Gasteiger charge is 2.34. The lowest BCUT2D eigenvalue weighted by atomic mass is 10.0. The van der Waals surface area contributed by atoms with E-state index in [1.54, 1.807) is 30.3 Å². The van der Waals surface area contributed by atoms with Crippen LogP contribution in [-0.4, -0.2) is 43.8 Å². The fourth-order valence-corrected chi connectivity index (χ4v) is 6.42. The standard InChI is InChI=1S/C36H41N3O4S/c1-27(2)31-20-22-32(23-21-31)39(44(42,43)33-18-12-7-13-19-33)26-35(40)38(25-30-16-10-6-11-17-30)34(36(41)37-28(3)4)24-29-14-8-5-9-15-29/h5-23,27-28,34H,24-26H2,1-4H3,(H,37,41)/t34-/m1/s1.